The molecule has 21 heavy (non-hydrogen) atoms. The lowest BCUT2D eigenvalue weighted by molar-refractivity contribution is 0.0573. The zero-order valence-electron chi connectivity index (χ0n) is 12.2. The summed E-state index contributed by atoms with van der Waals surface area (Å²) in [6, 6.07) is 18.6. The third-order valence-electron chi connectivity index (χ3n) is 4.26. The summed E-state index contributed by atoms with van der Waals surface area (Å²) in [5, 5.41) is 10.4. The number of hydrogen-bond acceptors (Lipinski definition) is 2. The van der Waals surface area contributed by atoms with Crippen molar-refractivity contribution in [2.75, 3.05) is 6.61 Å². The van der Waals surface area contributed by atoms with E-state index < -0.39 is 0 Å². The van der Waals surface area contributed by atoms with E-state index in [1.54, 1.807) is 0 Å². The van der Waals surface area contributed by atoms with Crippen LogP contribution in [0.5, 0.6) is 5.75 Å². The SMILES string of the molecule is OC(CCCc1ccccc1)C1COc2ccccc2C1. The van der Waals surface area contributed by atoms with E-state index in [9.17, 15) is 5.11 Å². The van der Waals surface area contributed by atoms with Crippen LogP contribution in [0.1, 0.15) is 24.0 Å². The third-order valence-corrected chi connectivity index (χ3v) is 4.26. The number of fused-ring (bicyclic) bond motifs is 1. The van der Waals surface area contributed by atoms with Gasteiger partial charge in [0, 0.05) is 5.92 Å². The number of benzene rings is 2. The number of aryl methyl sites for hydroxylation is 1. The first-order valence-electron chi connectivity index (χ1n) is 7.75. The molecule has 0 saturated heterocycles. The number of rotatable bonds is 5. The second-order valence-electron chi connectivity index (χ2n) is 5.83. The van der Waals surface area contributed by atoms with Gasteiger partial charge in [0.25, 0.3) is 0 Å². The van der Waals surface area contributed by atoms with Gasteiger partial charge in [-0.3, -0.25) is 0 Å². The summed E-state index contributed by atoms with van der Waals surface area (Å²) in [6.07, 6.45) is 3.53. The average molecular weight is 282 g/mol. The molecule has 1 aliphatic heterocycles. The van der Waals surface area contributed by atoms with Crippen molar-refractivity contribution >= 4 is 0 Å². The Morgan fingerprint density at radius 1 is 1.05 bits per heavy atom. The minimum absolute atomic E-state index is 0.218. The first kappa shape index (κ1) is 14.2. The van der Waals surface area contributed by atoms with E-state index in [0.29, 0.717) is 6.61 Å². The van der Waals surface area contributed by atoms with Crippen molar-refractivity contribution in [1.29, 1.82) is 0 Å². The lowest BCUT2D eigenvalue weighted by Crippen LogP contribution is -2.31. The van der Waals surface area contributed by atoms with Crippen LogP contribution in [-0.4, -0.2) is 17.8 Å². The van der Waals surface area contributed by atoms with Crippen LogP contribution in [0.3, 0.4) is 0 Å². The van der Waals surface area contributed by atoms with E-state index in [0.717, 1.165) is 31.4 Å². The normalized spacial score (nSPS) is 18.6. The van der Waals surface area contributed by atoms with E-state index in [1.165, 1.54) is 11.1 Å². The van der Waals surface area contributed by atoms with E-state index in [2.05, 4.69) is 30.3 Å². The molecule has 0 radical (unpaired) electrons. The van der Waals surface area contributed by atoms with Gasteiger partial charge in [0.05, 0.1) is 12.7 Å². The molecular formula is C19H22O2. The lowest BCUT2D eigenvalue weighted by atomic mass is 9.89. The molecule has 0 fully saturated rings. The molecule has 2 atom stereocenters. The summed E-state index contributed by atoms with van der Waals surface area (Å²) < 4.78 is 5.76. The van der Waals surface area contributed by atoms with Crippen molar-refractivity contribution in [1.82, 2.24) is 0 Å². The van der Waals surface area contributed by atoms with Crippen molar-refractivity contribution in [2.24, 2.45) is 5.92 Å². The fourth-order valence-corrected chi connectivity index (χ4v) is 2.99. The van der Waals surface area contributed by atoms with Gasteiger partial charge < -0.3 is 9.84 Å². The van der Waals surface area contributed by atoms with Crippen molar-refractivity contribution in [3.8, 4) is 5.75 Å². The fourth-order valence-electron chi connectivity index (χ4n) is 2.99. The van der Waals surface area contributed by atoms with Gasteiger partial charge in [-0.1, -0.05) is 48.5 Å². The molecule has 0 spiro atoms. The quantitative estimate of drug-likeness (QED) is 0.907. The molecule has 2 aromatic rings. The molecule has 1 aliphatic rings. The number of aliphatic hydroxyl groups excluding tert-OH is 1. The fraction of sp³-hybridized carbons (Fsp3) is 0.368. The monoisotopic (exact) mass is 282 g/mol. The Morgan fingerprint density at radius 3 is 2.67 bits per heavy atom. The molecule has 2 nitrogen and oxygen atoms in total. The largest absolute Gasteiger partial charge is 0.493 e. The molecular weight excluding hydrogens is 260 g/mol. The number of aliphatic hydroxyl groups is 1. The van der Waals surface area contributed by atoms with Gasteiger partial charge in [0.15, 0.2) is 0 Å². The van der Waals surface area contributed by atoms with E-state index >= 15 is 0 Å². The molecule has 2 heteroatoms. The molecule has 0 aromatic heterocycles. The van der Waals surface area contributed by atoms with E-state index in [-0.39, 0.29) is 12.0 Å². The van der Waals surface area contributed by atoms with Crippen LogP contribution in [0.15, 0.2) is 54.6 Å². The summed E-state index contributed by atoms with van der Waals surface area (Å²) in [5.74, 6) is 1.20. The van der Waals surface area contributed by atoms with Crippen molar-refractivity contribution in [3.05, 3.63) is 65.7 Å². The lowest BCUT2D eigenvalue weighted by Gasteiger charge is -2.28. The average Bonchev–Trinajstić information content (AvgIpc) is 2.55. The minimum Gasteiger partial charge on any atom is -0.493 e. The highest BCUT2D eigenvalue weighted by Gasteiger charge is 2.25. The topological polar surface area (TPSA) is 29.5 Å². The zero-order valence-corrected chi connectivity index (χ0v) is 12.2. The van der Waals surface area contributed by atoms with Gasteiger partial charge in [0.1, 0.15) is 5.75 Å². The summed E-state index contributed by atoms with van der Waals surface area (Å²) in [5.41, 5.74) is 2.56. The van der Waals surface area contributed by atoms with Gasteiger partial charge in [-0.05, 0) is 42.9 Å². The van der Waals surface area contributed by atoms with Gasteiger partial charge in [0.2, 0.25) is 0 Å². The van der Waals surface area contributed by atoms with Gasteiger partial charge in [-0.25, -0.2) is 0 Å². The Balaban J connectivity index is 1.49. The molecule has 1 heterocycles. The summed E-state index contributed by atoms with van der Waals surface area (Å²) in [7, 11) is 0. The van der Waals surface area contributed by atoms with Crippen molar-refractivity contribution < 1.29 is 9.84 Å². The zero-order chi connectivity index (χ0) is 14.5. The second-order valence-corrected chi connectivity index (χ2v) is 5.83. The Hall–Kier alpha value is -1.80. The number of hydrogen-bond donors (Lipinski definition) is 1. The maximum atomic E-state index is 10.4. The molecule has 3 rings (SSSR count). The van der Waals surface area contributed by atoms with Crippen LogP contribution in [0.2, 0.25) is 0 Å². The molecule has 0 bridgehead atoms. The molecule has 1 N–H and O–H groups in total. The molecule has 0 aliphatic carbocycles. The molecule has 0 amide bonds. The smallest absolute Gasteiger partial charge is 0.122 e. The number of para-hydroxylation sites is 1. The Kier molecular flexibility index (Phi) is 4.56. The second kappa shape index (κ2) is 6.77. The highest BCUT2D eigenvalue weighted by Crippen LogP contribution is 2.29. The molecule has 0 saturated carbocycles. The van der Waals surface area contributed by atoms with Crippen LogP contribution in [0.4, 0.5) is 0 Å². The first-order chi connectivity index (χ1) is 10.3. The standard InChI is InChI=1S/C19H22O2/c20-18(11-6-9-15-7-2-1-3-8-15)17-13-16-10-4-5-12-19(16)21-14-17/h1-5,7-8,10,12,17-18,20H,6,9,11,13-14H2. The Morgan fingerprint density at radius 2 is 1.81 bits per heavy atom. The Bertz CT molecular complexity index is 565. The highest BCUT2D eigenvalue weighted by atomic mass is 16.5. The van der Waals surface area contributed by atoms with Gasteiger partial charge in [-0.2, -0.15) is 0 Å². The minimum atomic E-state index is -0.276. The van der Waals surface area contributed by atoms with Crippen LogP contribution >= 0.6 is 0 Å². The maximum absolute atomic E-state index is 10.4. The van der Waals surface area contributed by atoms with Gasteiger partial charge >= 0.3 is 0 Å². The molecule has 2 unspecified atom stereocenters. The third kappa shape index (κ3) is 3.64. The molecule has 2 aromatic carbocycles. The van der Waals surface area contributed by atoms with Crippen LogP contribution in [-0.2, 0) is 12.8 Å². The summed E-state index contributed by atoms with van der Waals surface area (Å²) in [4.78, 5) is 0. The van der Waals surface area contributed by atoms with Crippen LogP contribution < -0.4 is 4.74 Å². The Labute approximate surface area is 126 Å². The number of ether oxygens (including phenoxy) is 1. The van der Waals surface area contributed by atoms with Gasteiger partial charge in [-0.15, -0.1) is 0 Å². The van der Waals surface area contributed by atoms with Crippen LogP contribution in [0.25, 0.3) is 0 Å². The predicted molar refractivity (Wildman–Crippen MR) is 84.5 cm³/mol. The summed E-state index contributed by atoms with van der Waals surface area (Å²) >= 11 is 0. The van der Waals surface area contributed by atoms with Crippen LogP contribution in [0, 0.1) is 5.92 Å². The highest BCUT2D eigenvalue weighted by molar-refractivity contribution is 5.35. The van der Waals surface area contributed by atoms with E-state index in [4.69, 9.17) is 4.74 Å². The predicted octanol–water partition coefficient (Wildman–Crippen LogP) is 3.62. The van der Waals surface area contributed by atoms with Crippen molar-refractivity contribution in [3.63, 3.8) is 0 Å². The maximum Gasteiger partial charge on any atom is 0.122 e. The summed E-state index contributed by atoms with van der Waals surface area (Å²) in [6.45, 7) is 0.628. The molecule has 110 valence electrons. The van der Waals surface area contributed by atoms with E-state index in [1.807, 2.05) is 24.3 Å². The van der Waals surface area contributed by atoms with Crippen molar-refractivity contribution in [2.45, 2.75) is 31.8 Å². The first-order valence-corrected chi connectivity index (χ1v) is 7.75.